The van der Waals surface area contributed by atoms with E-state index in [-0.39, 0.29) is 9.70 Å². The number of hydrogen-bond donors (Lipinski definition) is 2. The maximum absolute atomic E-state index is 10.7. The van der Waals surface area contributed by atoms with Gasteiger partial charge in [-0.3, -0.25) is 0 Å². The van der Waals surface area contributed by atoms with E-state index < -0.39 is 11.7 Å². The van der Waals surface area contributed by atoms with Crippen LogP contribution in [0.3, 0.4) is 0 Å². The number of aliphatic hydroxyl groups excluding tert-OH is 1. The molecule has 0 bridgehead atoms. The van der Waals surface area contributed by atoms with Crippen LogP contribution in [-0.4, -0.2) is 31.6 Å². The summed E-state index contributed by atoms with van der Waals surface area (Å²) in [6.07, 6.45) is 2.56. The first-order valence-electron chi connectivity index (χ1n) is 6.65. The van der Waals surface area contributed by atoms with Crippen molar-refractivity contribution in [2.75, 3.05) is 0 Å². The molecule has 2 N–H and O–H groups in total. The molecule has 0 amide bonds. The highest BCUT2D eigenvalue weighted by Gasteiger charge is 2.45. The minimum atomic E-state index is -0.878. The van der Waals surface area contributed by atoms with Crippen molar-refractivity contribution in [3.8, 4) is 0 Å². The van der Waals surface area contributed by atoms with Crippen LogP contribution in [0, 0.1) is 0 Å². The molecule has 1 aliphatic carbocycles. The van der Waals surface area contributed by atoms with Crippen LogP contribution < -0.4 is 0 Å². The molecule has 0 spiro atoms. The Hall–Kier alpha value is 0.170. The Balaban J connectivity index is 2.59. The molecular formula is C15H24BrClO2. The Bertz CT molecular complexity index is 367. The summed E-state index contributed by atoms with van der Waals surface area (Å²) in [6.45, 7) is 11.5. The minimum Gasteiger partial charge on any atom is -0.389 e. The van der Waals surface area contributed by atoms with Gasteiger partial charge >= 0.3 is 0 Å². The molecule has 0 aromatic rings. The lowest BCUT2D eigenvalue weighted by Gasteiger charge is -2.43. The zero-order valence-corrected chi connectivity index (χ0v) is 14.1. The van der Waals surface area contributed by atoms with Crippen LogP contribution in [-0.2, 0) is 0 Å². The van der Waals surface area contributed by atoms with E-state index in [9.17, 15) is 10.2 Å². The van der Waals surface area contributed by atoms with Gasteiger partial charge in [-0.25, -0.2) is 0 Å². The van der Waals surface area contributed by atoms with Crippen LogP contribution in [0.5, 0.6) is 0 Å². The zero-order chi connectivity index (χ0) is 14.8. The summed E-state index contributed by atoms with van der Waals surface area (Å²) in [5, 5.41) is 20.4. The third-order valence-corrected chi connectivity index (χ3v) is 6.19. The van der Waals surface area contributed by atoms with E-state index in [1.54, 1.807) is 6.92 Å². The van der Waals surface area contributed by atoms with Gasteiger partial charge in [0.25, 0.3) is 0 Å². The smallest absolute Gasteiger partial charge is 0.0866 e. The number of alkyl halides is 2. The molecule has 0 aromatic carbocycles. The van der Waals surface area contributed by atoms with Gasteiger partial charge in [0, 0.05) is 4.83 Å². The highest BCUT2D eigenvalue weighted by Crippen LogP contribution is 2.46. The summed E-state index contributed by atoms with van der Waals surface area (Å²) >= 11 is 9.94. The Morgan fingerprint density at radius 3 is 2.53 bits per heavy atom. The van der Waals surface area contributed by atoms with Crippen molar-refractivity contribution in [2.24, 2.45) is 0 Å². The lowest BCUT2D eigenvalue weighted by atomic mass is 9.74. The summed E-state index contributed by atoms with van der Waals surface area (Å²) in [5.41, 5.74) is 0.650. The predicted molar refractivity (Wildman–Crippen MR) is 85.0 cm³/mol. The molecule has 0 radical (unpaired) electrons. The van der Waals surface area contributed by atoms with E-state index >= 15 is 0 Å². The summed E-state index contributed by atoms with van der Waals surface area (Å²) in [4.78, 5) is -0.257. The largest absolute Gasteiger partial charge is 0.389 e. The highest BCUT2D eigenvalue weighted by molar-refractivity contribution is 9.09. The van der Waals surface area contributed by atoms with Crippen LogP contribution in [0.25, 0.3) is 0 Å². The van der Waals surface area contributed by atoms with Crippen LogP contribution in [0.1, 0.15) is 46.0 Å². The van der Waals surface area contributed by atoms with Gasteiger partial charge in [0.1, 0.15) is 0 Å². The van der Waals surface area contributed by atoms with Crippen molar-refractivity contribution in [3.05, 3.63) is 24.3 Å². The summed E-state index contributed by atoms with van der Waals surface area (Å²) in [5.74, 6) is 0. The average molecular weight is 352 g/mol. The van der Waals surface area contributed by atoms with Crippen LogP contribution >= 0.6 is 27.5 Å². The molecule has 2 nitrogen and oxygen atoms in total. The standard InChI is InChI=1S/C15H24BrClO2/c1-10(2)12(18)6-5-11(3)15(19)8-7-14(4,17)13(16)9-15/h12-13,18-19H,1,3,5-9H2,2,4H3. The summed E-state index contributed by atoms with van der Waals surface area (Å²) in [6, 6.07) is 0. The fourth-order valence-electron chi connectivity index (χ4n) is 2.33. The van der Waals surface area contributed by atoms with E-state index in [1.165, 1.54) is 0 Å². The fourth-order valence-corrected chi connectivity index (χ4v) is 3.27. The Morgan fingerprint density at radius 2 is 2.05 bits per heavy atom. The number of halogens is 2. The molecule has 0 aliphatic heterocycles. The fraction of sp³-hybridized carbons (Fsp3) is 0.733. The molecule has 0 saturated heterocycles. The van der Waals surface area contributed by atoms with E-state index in [2.05, 4.69) is 29.1 Å². The van der Waals surface area contributed by atoms with Gasteiger partial charge in [-0.2, -0.15) is 0 Å². The third-order valence-electron chi connectivity index (χ3n) is 4.14. The van der Waals surface area contributed by atoms with Gasteiger partial charge in [0.2, 0.25) is 0 Å². The molecular weight excluding hydrogens is 328 g/mol. The zero-order valence-electron chi connectivity index (χ0n) is 11.8. The molecule has 0 heterocycles. The molecule has 4 unspecified atom stereocenters. The third kappa shape index (κ3) is 4.32. The maximum Gasteiger partial charge on any atom is 0.0866 e. The van der Waals surface area contributed by atoms with Gasteiger partial charge in [0.15, 0.2) is 0 Å². The lowest BCUT2D eigenvalue weighted by Crippen LogP contribution is -2.46. The quantitative estimate of drug-likeness (QED) is 0.582. The van der Waals surface area contributed by atoms with Crippen molar-refractivity contribution in [3.63, 3.8) is 0 Å². The molecule has 1 aliphatic rings. The van der Waals surface area contributed by atoms with Gasteiger partial charge in [-0.05, 0) is 51.5 Å². The topological polar surface area (TPSA) is 40.5 Å². The molecule has 1 saturated carbocycles. The lowest BCUT2D eigenvalue weighted by molar-refractivity contribution is 0.0307. The summed E-state index contributed by atoms with van der Waals surface area (Å²) in [7, 11) is 0. The molecule has 4 atom stereocenters. The molecule has 0 aromatic heterocycles. The Labute approximate surface area is 129 Å². The van der Waals surface area contributed by atoms with Crippen molar-refractivity contribution < 1.29 is 10.2 Å². The molecule has 1 rings (SSSR count). The second-order valence-corrected chi connectivity index (χ2v) is 7.95. The van der Waals surface area contributed by atoms with E-state index in [0.29, 0.717) is 25.7 Å². The highest BCUT2D eigenvalue weighted by atomic mass is 79.9. The van der Waals surface area contributed by atoms with Gasteiger partial charge in [-0.15, -0.1) is 11.6 Å². The van der Waals surface area contributed by atoms with E-state index in [4.69, 9.17) is 11.6 Å². The number of rotatable bonds is 5. The van der Waals surface area contributed by atoms with Crippen LogP contribution in [0.4, 0.5) is 0 Å². The second-order valence-electron chi connectivity index (χ2n) is 5.99. The monoisotopic (exact) mass is 350 g/mol. The molecule has 110 valence electrons. The molecule has 4 heteroatoms. The van der Waals surface area contributed by atoms with Crippen molar-refractivity contribution in [1.82, 2.24) is 0 Å². The Kier molecular flexibility index (Phi) is 5.71. The summed E-state index contributed by atoms with van der Waals surface area (Å²) < 4.78 is 0. The van der Waals surface area contributed by atoms with Crippen molar-refractivity contribution >= 4 is 27.5 Å². The van der Waals surface area contributed by atoms with Gasteiger partial charge in [-0.1, -0.05) is 34.7 Å². The number of hydrogen-bond acceptors (Lipinski definition) is 2. The number of aliphatic hydroxyl groups is 2. The van der Waals surface area contributed by atoms with E-state index in [0.717, 1.165) is 17.6 Å². The predicted octanol–water partition coefficient (Wildman–Crippen LogP) is 3.94. The van der Waals surface area contributed by atoms with Crippen molar-refractivity contribution in [2.45, 2.75) is 67.4 Å². The van der Waals surface area contributed by atoms with Crippen LogP contribution in [0.15, 0.2) is 24.3 Å². The first-order valence-corrected chi connectivity index (χ1v) is 7.95. The first kappa shape index (κ1) is 17.2. The van der Waals surface area contributed by atoms with Crippen LogP contribution in [0.2, 0.25) is 0 Å². The van der Waals surface area contributed by atoms with E-state index in [1.807, 2.05) is 6.92 Å². The first-order chi connectivity index (χ1) is 8.58. The average Bonchev–Trinajstić information content (AvgIpc) is 2.31. The second kappa shape index (κ2) is 6.30. The van der Waals surface area contributed by atoms with Crippen molar-refractivity contribution in [1.29, 1.82) is 0 Å². The Morgan fingerprint density at radius 1 is 1.47 bits per heavy atom. The maximum atomic E-state index is 10.7. The van der Waals surface area contributed by atoms with Gasteiger partial charge < -0.3 is 10.2 Å². The SMILES string of the molecule is C=C(C)C(O)CCC(=C)C1(O)CCC(C)(Cl)C(Br)C1. The normalized spacial score (nSPS) is 36.8. The minimum absolute atomic E-state index is 0.0585. The molecule has 19 heavy (non-hydrogen) atoms. The van der Waals surface area contributed by atoms with Gasteiger partial charge in [0.05, 0.1) is 16.6 Å². The molecule has 1 fully saturated rings.